The minimum atomic E-state index is -0.477. The molecule has 0 fully saturated rings. The van der Waals surface area contributed by atoms with E-state index in [1.54, 1.807) is 11.9 Å². The molecule has 0 spiro atoms. The highest BCUT2D eigenvalue weighted by molar-refractivity contribution is 5.79. The van der Waals surface area contributed by atoms with Crippen molar-refractivity contribution in [2.45, 2.75) is 47.1 Å². The average molecular weight is 345 g/mol. The molecule has 0 aromatic heterocycles. The van der Waals surface area contributed by atoms with Crippen LogP contribution in [-0.4, -0.2) is 69.0 Å². The lowest BCUT2D eigenvalue weighted by molar-refractivity contribution is 0.0279. The molecule has 2 N–H and O–H groups in total. The zero-order chi connectivity index (χ0) is 18.6. The van der Waals surface area contributed by atoms with E-state index in [4.69, 9.17) is 9.47 Å². The van der Waals surface area contributed by atoms with Crippen LogP contribution in [0.1, 0.15) is 41.5 Å². The van der Waals surface area contributed by atoms with Crippen molar-refractivity contribution >= 4 is 12.1 Å². The van der Waals surface area contributed by atoms with Crippen molar-refractivity contribution in [1.29, 1.82) is 0 Å². The van der Waals surface area contributed by atoms with Gasteiger partial charge in [-0.15, -0.1) is 0 Å². The molecule has 142 valence electrons. The standard InChI is InChI=1S/C17H36N4O3/c1-8-18-15(19-10-11-23-9-2)20-12-14(3)13-21(7)16(22)24-17(4,5)6/h14H,8-13H2,1-7H3,(H2,18,19,20). The first kappa shape index (κ1) is 22.5. The van der Waals surface area contributed by atoms with Gasteiger partial charge in [-0.2, -0.15) is 0 Å². The maximum Gasteiger partial charge on any atom is 0.410 e. The Labute approximate surface area is 147 Å². The predicted molar refractivity (Wildman–Crippen MR) is 98.5 cm³/mol. The lowest BCUT2D eigenvalue weighted by Gasteiger charge is -2.26. The van der Waals surface area contributed by atoms with Gasteiger partial charge in [-0.1, -0.05) is 6.92 Å². The molecule has 24 heavy (non-hydrogen) atoms. The molecule has 7 nitrogen and oxygen atoms in total. The summed E-state index contributed by atoms with van der Waals surface area (Å²) in [5.74, 6) is 0.994. The molecule has 7 heteroatoms. The monoisotopic (exact) mass is 344 g/mol. The van der Waals surface area contributed by atoms with Crippen LogP contribution in [0.2, 0.25) is 0 Å². The number of carbonyl (C=O) groups is 1. The van der Waals surface area contributed by atoms with Gasteiger partial charge in [0.2, 0.25) is 0 Å². The lowest BCUT2D eigenvalue weighted by atomic mass is 10.2. The smallest absolute Gasteiger partial charge is 0.410 e. The van der Waals surface area contributed by atoms with Crippen molar-refractivity contribution in [2.24, 2.45) is 10.9 Å². The molecule has 1 amide bonds. The quantitative estimate of drug-likeness (QED) is 0.380. The van der Waals surface area contributed by atoms with E-state index in [-0.39, 0.29) is 12.0 Å². The first-order valence-corrected chi connectivity index (χ1v) is 8.73. The fraction of sp³-hybridized carbons (Fsp3) is 0.882. The number of carbonyl (C=O) groups excluding carboxylic acids is 1. The van der Waals surface area contributed by atoms with E-state index in [9.17, 15) is 4.79 Å². The number of hydrogen-bond acceptors (Lipinski definition) is 4. The minimum Gasteiger partial charge on any atom is -0.444 e. The van der Waals surface area contributed by atoms with Gasteiger partial charge in [0.15, 0.2) is 5.96 Å². The van der Waals surface area contributed by atoms with Gasteiger partial charge in [0, 0.05) is 39.8 Å². The second-order valence-corrected chi connectivity index (χ2v) is 6.81. The van der Waals surface area contributed by atoms with Crippen LogP contribution in [0, 0.1) is 5.92 Å². The largest absolute Gasteiger partial charge is 0.444 e. The van der Waals surface area contributed by atoms with E-state index in [1.165, 1.54) is 0 Å². The van der Waals surface area contributed by atoms with E-state index >= 15 is 0 Å². The highest BCUT2D eigenvalue weighted by atomic mass is 16.6. The molecule has 1 unspecified atom stereocenters. The van der Waals surface area contributed by atoms with Gasteiger partial charge in [-0.25, -0.2) is 4.79 Å². The van der Waals surface area contributed by atoms with Crippen LogP contribution in [0.5, 0.6) is 0 Å². The summed E-state index contributed by atoms with van der Waals surface area (Å²) in [7, 11) is 1.75. The van der Waals surface area contributed by atoms with E-state index in [2.05, 4.69) is 22.5 Å². The Morgan fingerprint density at radius 3 is 2.46 bits per heavy atom. The van der Waals surface area contributed by atoms with Gasteiger partial charge in [0.05, 0.1) is 6.61 Å². The third-order valence-corrected chi connectivity index (χ3v) is 2.94. The van der Waals surface area contributed by atoms with E-state index in [0.717, 1.165) is 12.5 Å². The summed E-state index contributed by atoms with van der Waals surface area (Å²) in [5.41, 5.74) is -0.477. The topological polar surface area (TPSA) is 75.2 Å². The lowest BCUT2D eigenvalue weighted by Crippen LogP contribution is -2.40. The number of ether oxygens (including phenoxy) is 2. The Hall–Kier alpha value is -1.50. The first-order chi connectivity index (χ1) is 11.2. The fourth-order valence-corrected chi connectivity index (χ4v) is 1.91. The SMILES string of the molecule is CCNC(=NCC(C)CN(C)C(=O)OC(C)(C)C)NCCOCC. The van der Waals surface area contributed by atoms with Gasteiger partial charge < -0.3 is 25.0 Å². The number of nitrogens with zero attached hydrogens (tertiary/aromatic N) is 2. The van der Waals surface area contributed by atoms with Crippen LogP contribution in [0.4, 0.5) is 4.79 Å². The first-order valence-electron chi connectivity index (χ1n) is 8.73. The molecule has 0 aromatic rings. The fourth-order valence-electron chi connectivity index (χ4n) is 1.91. The molecule has 0 heterocycles. The van der Waals surface area contributed by atoms with Crippen molar-refractivity contribution in [3.05, 3.63) is 0 Å². The summed E-state index contributed by atoms with van der Waals surface area (Å²) in [6.45, 7) is 15.7. The van der Waals surface area contributed by atoms with Crippen LogP contribution in [0.25, 0.3) is 0 Å². The number of aliphatic imine (C=N–C) groups is 1. The number of rotatable bonds is 9. The van der Waals surface area contributed by atoms with Crippen molar-refractivity contribution < 1.29 is 14.3 Å². The van der Waals surface area contributed by atoms with Gasteiger partial charge >= 0.3 is 6.09 Å². The summed E-state index contributed by atoms with van der Waals surface area (Å²) in [4.78, 5) is 18.1. The molecule has 0 saturated carbocycles. The zero-order valence-corrected chi connectivity index (χ0v) is 16.4. The van der Waals surface area contributed by atoms with E-state index < -0.39 is 5.60 Å². The Kier molecular flexibility index (Phi) is 11.2. The zero-order valence-electron chi connectivity index (χ0n) is 16.4. The Morgan fingerprint density at radius 1 is 1.25 bits per heavy atom. The molecule has 0 aromatic carbocycles. The maximum atomic E-state index is 12.0. The third kappa shape index (κ3) is 12.0. The van der Waals surface area contributed by atoms with Gasteiger partial charge in [-0.05, 0) is 40.5 Å². The summed E-state index contributed by atoms with van der Waals surface area (Å²) < 4.78 is 10.7. The Bertz CT molecular complexity index is 381. The van der Waals surface area contributed by atoms with Gasteiger partial charge in [-0.3, -0.25) is 4.99 Å². The van der Waals surface area contributed by atoms with Crippen molar-refractivity contribution in [2.75, 3.05) is 46.4 Å². The van der Waals surface area contributed by atoms with Crippen molar-refractivity contribution in [3.8, 4) is 0 Å². The number of guanidine groups is 1. The van der Waals surface area contributed by atoms with Gasteiger partial charge in [0.1, 0.15) is 5.60 Å². The Morgan fingerprint density at radius 2 is 1.92 bits per heavy atom. The number of nitrogens with one attached hydrogen (secondary N) is 2. The molecule has 0 rings (SSSR count). The second kappa shape index (κ2) is 11.9. The molecule has 0 aliphatic heterocycles. The highest BCUT2D eigenvalue weighted by Gasteiger charge is 2.20. The highest BCUT2D eigenvalue weighted by Crippen LogP contribution is 2.10. The predicted octanol–water partition coefficient (Wildman–Crippen LogP) is 2.08. The third-order valence-electron chi connectivity index (χ3n) is 2.94. The van der Waals surface area contributed by atoms with Crippen LogP contribution in [-0.2, 0) is 9.47 Å². The molecule has 0 saturated heterocycles. The summed E-state index contributed by atoms with van der Waals surface area (Å²) in [6, 6.07) is 0. The van der Waals surface area contributed by atoms with Gasteiger partial charge in [0.25, 0.3) is 0 Å². The summed E-state index contributed by atoms with van der Waals surface area (Å²) in [6.07, 6.45) is -0.305. The molecular weight excluding hydrogens is 308 g/mol. The van der Waals surface area contributed by atoms with Crippen molar-refractivity contribution in [1.82, 2.24) is 15.5 Å². The maximum absolute atomic E-state index is 12.0. The van der Waals surface area contributed by atoms with E-state index in [0.29, 0.717) is 32.8 Å². The van der Waals surface area contributed by atoms with Crippen LogP contribution in [0.3, 0.4) is 0 Å². The number of hydrogen-bond donors (Lipinski definition) is 2. The summed E-state index contributed by atoms with van der Waals surface area (Å²) >= 11 is 0. The van der Waals surface area contributed by atoms with Crippen LogP contribution >= 0.6 is 0 Å². The molecule has 0 radical (unpaired) electrons. The van der Waals surface area contributed by atoms with E-state index in [1.807, 2.05) is 34.6 Å². The molecule has 0 aliphatic carbocycles. The number of amides is 1. The molecule has 0 aliphatic rings. The van der Waals surface area contributed by atoms with Crippen LogP contribution in [0.15, 0.2) is 4.99 Å². The second-order valence-electron chi connectivity index (χ2n) is 6.81. The molecule has 0 bridgehead atoms. The Balaban J connectivity index is 4.33. The molecular formula is C17H36N4O3. The minimum absolute atomic E-state index is 0.227. The van der Waals surface area contributed by atoms with Crippen molar-refractivity contribution in [3.63, 3.8) is 0 Å². The van der Waals surface area contributed by atoms with Crippen LogP contribution < -0.4 is 10.6 Å². The summed E-state index contributed by atoms with van der Waals surface area (Å²) in [5, 5.41) is 6.43. The molecule has 1 atom stereocenters. The average Bonchev–Trinajstić information content (AvgIpc) is 2.47. The normalized spacial score (nSPS) is 13.4.